The SMILES string of the molecule is CCCC1CCC(NCC(=O)Nc2cccc(Cl)c2)CC1. The average Bonchev–Trinajstić information content (AvgIpc) is 2.47. The Kier molecular flexibility index (Phi) is 6.52. The minimum atomic E-state index is -0.00653. The van der Waals surface area contributed by atoms with Crippen LogP contribution in [0.5, 0.6) is 0 Å². The van der Waals surface area contributed by atoms with Gasteiger partial charge in [-0.2, -0.15) is 0 Å². The van der Waals surface area contributed by atoms with Gasteiger partial charge in [-0.15, -0.1) is 0 Å². The van der Waals surface area contributed by atoms with E-state index < -0.39 is 0 Å². The standard InChI is InChI=1S/C17H25ClN2O/c1-2-4-13-7-9-15(10-8-13)19-12-17(21)20-16-6-3-5-14(18)11-16/h3,5-6,11,13,15,19H,2,4,7-10,12H2,1H3,(H,20,21). The molecule has 1 fully saturated rings. The fourth-order valence-corrected chi connectivity index (χ4v) is 3.26. The van der Waals surface area contributed by atoms with Gasteiger partial charge in [-0.1, -0.05) is 37.4 Å². The van der Waals surface area contributed by atoms with Crippen LogP contribution >= 0.6 is 11.6 Å². The van der Waals surface area contributed by atoms with Crippen molar-refractivity contribution >= 4 is 23.2 Å². The van der Waals surface area contributed by atoms with E-state index in [0.717, 1.165) is 11.6 Å². The monoisotopic (exact) mass is 308 g/mol. The Morgan fingerprint density at radius 2 is 2.05 bits per heavy atom. The summed E-state index contributed by atoms with van der Waals surface area (Å²) in [5.41, 5.74) is 0.751. The van der Waals surface area contributed by atoms with Gasteiger partial charge < -0.3 is 10.6 Å². The molecule has 1 amide bonds. The summed E-state index contributed by atoms with van der Waals surface area (Å²) < 4.78 is 0. The lowest BCUT2D eigenvalue weighted by molar-refractivity contribution is -0.115. The number of halogens is 1. The molecule has 1 aromatic carbocycles. The molecule has 0 aromatic heterocycles. The predicted octanol–water partition coefficient (Wildman–Crippen LogP) is 4.23. The van der Waals surface area contributed by atoms with Crippen LogP contribution in [0.1, 0.15) is 45.4 Å². The molecule has 4 heteroatoms. The fraction of sp³-hybridized carbons (Fsp3) is 0.588. The zero-order valence-corrected chi connectivity index (χ0v) is 13.5. The van der Waals surface area contributed by atoms with Crippen molar-refractivity contribution < 1.29 is 4.79 Å². The number of benzene rings is 1. The van der Waals surface area contributed by atoms with Crippen molar-refractivity contribution in [3.05, 3.63) is 29.3 Å². The van der Waals surface area contributed by atoms with Gasteiger partial charge in [0.15, 0.2) is 0 Å². The van der Waals surface area contributed by atoms with Crippen molar-refractivity contribution in [3.8, 4) is 0 Å². The van der Waals surface area contributed by atoms with Crippen molar-refractivity contribution in [3.63, 3.8) is 0 Å². The Balaban J connectivity index is 1.68. The maximum atomic E-state index is 11.9. The van der Waals surface area contributed by atoms with Crippen molar-refractivity contribution in [1.82, 2.24) is 5.32 Å². The molecule has 0 atom stereocenters. The largest absolute Gasteiger partial charge is 0.325 e. The van der Waals surface area contributed by atoms with E-state index in [2.05, 4.69) is 17.6 Å². The molecular formula is C17H25ClN2O. The first kappa shape index (κ1) is 16.3. The van der Waals surface area contributed by atoms with Crippen LogP contribution in [0.15, 0.2) is 24.3 Å². The van der Waals surface area contributed by atoms with Crippen LogP contribution in [0.3, 0.4) is 0 Å². The van der Waals surface area contributed by atoms with E-state index in [4.69, 9.17) is 11.6 Å². The molecule has 0 unspecified atom stereocenters. The molecule has 0 spiro atoms. The van der Waals surface area contributed by atoms with Crippen LogP contribution in [-0.2, 0) is 4.79 Å². The maximum Gasteiger partial charge on any atom is 0.238 e. The van der Waals surface area contributed by atoms with E-state index in [1.165, 1.54) is 38.5 Å². The van der Waals surface area contributed by atoms with Crippen molar-refractivity contribution in [2.45, 2.75) is 51.5 Å². The number of carbonyl (C=O) groups is 1. The number of anilines is 1. The highest BCUT2D eigenvalue weighted by Crippen LogP contribution is 2.27. The minimum absolute atomic E-state index is 0.00653. The first-order valence-electron chi connectivity index (χ1n) is 7.96. The average molecular weight is 309 g/mol. The summed E-state index contributed by atoms with van der Waals surface area (Å²) in [6.07, 6.45) is 7.60. The summed E-state index contributed by atoms with van der Waals surface area (Å²) in [7, 11) is 0. The Labute approximate surface area is 132 Å². The second-order valence-electron chi connectivity index (χ2n) is 5.95. The van der Waals surface area contributed by atoms with Gasteiger partial charge in [0.1, 0.15) is 0 Å². The third-order valence-electron chi connectivity index (χ3n) is 4.20. The van der Waals surface area contributed by atoms with E-state index in [9.17, 15) is 4.79 Å². The van der Waals surface area contributed by atoms with Crippen LogP contribution in [0, 0.1) is 5.92 Å². The summed E-state index contributed by atoms with van der Waals surface area (Å²) in [6.45, 7) is 2.63. The molecule has 0 radical (unpaired) electrons. The van der Waals surface area contributed by atoms with E-state index in [-0.39, 0.29) is 5.91 Å². The molecule has 1 saturated carbocycles. The number of rotatable bonds is 6. The van der Waals surface area contributed by atoms with Gasteiger partial charge in [-0.25, -0.2) is 0 Å². The van der Waals surface area contributed by atoms with Crippen LogP contribution in [0.4, 0.5) is 5.69 Å². The van der Waals surface area contributed by atoms with Gasteiger partial charge in [-0.3, -0.25) is 4.79 Å². The lowest BCUT2D eigenvalue weighted by atomic mass is 9.83. The topological polar surface area (TPSA) is 41.1 Å². The lowest BCUT2D eigenvalue weighted by Gasteiger charge is -2.28. The Hall–Kier alpha value is -1.06. The van der Waals surface area contributed by atoms with E-state index in [1.54, 1.807) is 12.1 Å². The molecular weight excluding hydrogens is 284 g/mol. The van der Waals surface area contributed by atoms with Gasteiger partial charge >= 0.3 is 0 Å². The highest BCUT2D eigenvalue weighted by Gasteiger charge is 2.20. The highest BCUT2D eigenvalue weighted by molar-refractivity contribution is 6.30. The number of nitrogens with one attached hydrogen (secondary N) is 2. The van der Waals surface area contributed by atoms with Gasteiger partial charge in [0, 0.05) is 16.8 Å². The smallest absolute Gasteiger partial charge is 0.238 e. The molecule has 1 aromatic rings. The summed E-state index contributed by atoms with van der Waals surface area (Å²) in [6, 6.07) is 7.72. The Bertz CT molecular complexity index is 456. The van der Waals surface area contributed by atoms with E-state index in [1.807, 2.05) is 12.1 Å². The number of amides is 1. The van der Waals surface area contributed by atoms with Crippen LogP contribution < -0.4 is 10.6 Å². The van der Waals surface area contributed by atoms with Crippen molar-refractivity contribution in [1.29, 1.82) is 0 Å². The fourth-order valence-electron chi connectivity index (χ4n) is 3.07. The highest BCUT2D eigenvalue weighted by atomic mass is 35.5. The Morgan fingerprint density at radius 1 is 1.29 bits per heavy atom. The molecule has 2 N–H and O–H groups in total. The molecule has 116 valence electrons. The molecule has 1 aliphatic carbocycles. The molecule has 3 nitrogen and oxygen atoms in total. The summed E-state index contributed by atoms with van der Waals surface area (Å²) in [4.78, 5) is 11.9. The number of hydrogen-bond acceptors (Lipinski definition) is 2. The maximum absolute atomic E-state index is 11.9. The van der Waals surface area contributed by atoms with Crippen LogP contribution in [0.25, 0.3) is 0 Å². The van der Waals surface area contributed by atoms with Gasteiger partial charge in [0.25, 0.3) is 0 Å². The quantitative estimate of drug-likeness (QED) is 0.826. The summed E-state index contributed by atoms with van der Waals surface area (Å²) >= 11 is 5.90. The predicted molar refractivity (Wildman–Crippen MR) is 88.7 cm³/mol. The molecule has 0 heterocycles. The zero-order chi connectivity index (χ0) is 15.1. The number of hydrogen-bond donors (Lipinski definition) is 2. The molecule has 21 heavy (non-hydrogen) atoms. The molecule has 0 aliphatic heterocycles. The van der Waals surface area contributed by atoms with Gasteiger partial charge in [0.05, 0.1) is 6.54 Å². The summed E-state index contributed by atoms with van der Waals surface area (Å²) in [5.74, 6) is 0.890. The van der Waals surface area contributed by atoms with Gasteiger partial charge in [0.2, 0.25) is 5.91 Å². The van der Waals surface area contributed by atoms with Crippen LogP contribution in [-0.4, -0.2) is 18.5 Å². The normalized spacial score (nSPS) is 22.0. The van der Waals surface area contributed by atoms with E-state index in [0.29, 0.717) is 17.6 Å². The molecule has 0 saturated heterocycles. The minimum Gasteiger partial charge on any atom is -0.325 e. The zero-order valence-electron chi connectivity index (χ0n) is 12.7. The molecule has 0 bridgehead atoms. The molecule has 1 aliphatic rings. The van der Waals surface area contributed by atoms with Crippen molar-refractivity contribution in [2.24, 2.45) is 5.92 Å². The Morgan fingerprint density at radius 3 is 2.71 bits per heavy atom. The van der Waals surface area contributed by atoms with Crippen LogP contribution in [0.2, 0.25) is 5.02 Å². The second kappa shape index (κ2) is 8.40. The third kappa shape index (κ3) is 5.68. The third-order valence-corrected chi connectivity index (χ3v) is 4.44. The first-order valence-corrected chi connectivity index (χ1v) is 8.34. The van der Waals surface area contributed by atoms with Crippen molar-refractivity contribution in [2.75, 3.05) is 11.9 Å². The van der Waals surface area contributed by atoms with E-state index >= 15 is 0 Å². The lowest BCUT2D eigenvalue weighted by Crippen LogP contribution is -2.38. The van der Waals surface area contributed by atoms with Gasteiger partial charge in [-0.05, 0) is 49.8 Å². The second-order valence-corrected chi connectivity index (χ2v) is 6.38. The molecule has 2 rings (SSSR count). The summed E-state index contributed by atoms with van der Waals surface area (Å²) in [5, 5.41) is 6.87. The number of carbonyl (C=O) groups excluding carboxylic acids is 1. The first-order chi connectivity index (χ1) is 10.2.